The highest BCUT2D eigenvalue weighted by Crippen LogP contribution is 2.21. The minimum Gasteiger partial charge on any atom is -0.143 e. The highest BCUT2D eigenvalue weighted by atomic mass is 32.1. The average molecular weight is 290 g/mol. The van der Waals surface area contributed by atoms with Crippen molar-refractivity contribution in [3.8, 4) is 0 Å². The SMILES string of the molecule is Sc1cc(Cc2ccccc2)ccc1Cc1ccccc1. The van der Waals surface area contributed by atoms with Gasteiger partial charge in [0.1, 0.15) is 0 Å². The smallest absolute Gasteiger partial charge is 0.00782 e. The van der Waals surface area contributed by atoms with Crippen molar-refractivity contribution in [1.29, 1.82) is 0 Å². The second-order valence-electron chi connectivity index (χ2n) is 5.29. The van der Waals surface area contributed by atoms with Gasteiger partial charge in [-0.2, -0.15) is 0 Å². The minimum atomic E-state index is 0.936. The minimum absolute atomic E-state index is 0.936. The second-order valence-corrected chi connectivity index (χ2v) is 5.77. The Bertz CT molecular complexity index is 702. The van der Waals surface area contributed by atoms with Gasteiger partial charge < -0.3 is 0 Å². The Morgan fingerprint density at radius 3 is 1.71 bits per heavy atom. The van der Waals surface area contributed by atoms with E-state index in [1.54, 1.807) is 0 Å². The fourth-order valence-corrected chi connectivity index (χ4v) is 2.84. The van der Waals surface area contributed by atoms with Gasteiger partial charge in [-0.05, 0) is 41.2 Å². The maximum atomic E-state index is 4.66. The van der Waals surface area contributed by atoms with Crippen LogP contribution in [0.2, 0.25) is 0 Å². The predicted molar refractivity (Wildman–Crippen MR) is 92.2 cm³/mol. The fourth-order valence-electron chi connectivity index (χ4n) is 2.52. The lowest BCUT2D eigenvalue weighted by Gasteiger charge is -2.08. The summed E-state index contributed by atoms with van der Waals surface area (Å²) in [6, 6.07) is 27.7. The molecule has 0 fully saturated rings. The Hall–Kier alpha value is -1.99. The zero-order valence-electron chi connectivity index (χ0n) is 11.9. The molecule has 0 heterocycles. The quantitative estimate of drug-likeness (QED) is 0.631. The summed E-state index contributed by atoms with van der Waals surface area (Å²) in [5.41, 5.74) is 5.24. The monoisotopic (exact) mass is 290 g/mol. The molecule has 104 valence electrons. The van der Waals surface area contributed by atoms with Gasteiger partial charge in [-0.3, -0.25) is 0 Å². The van der Waals surface area contributed by atoms with Crippen LogP contribution in [-0.2, 0) is 12.8 Å². The molecular formula is C20H18S. The van der Waals surface area contributed by atoms with Crippen molar-refractivity contribution in [2.24, 2.45) is 0 Å². The summed E-state index contributed by atoms with van der Waals surface area (Å²) in [5, 5.41) is 0. The van der Waals surface area contributed by atoms with Gasteiger partial charge in [0.05, 0.1) is 0 Å². The van der Waals surface area contributed by atoms with Crippen molar-refractivity contribution in [3.63, 3.8) is 0 Å². The van der Waals surface area contributed by atoms with Gasteiger partial charge in [0.2, 0.25) is 0 Å². The summed E-state index contributed by atoms with van der Waals surface area (Å²) >= 11 is 4.66. The van der Waals surface area contributed by atoms with E-state index >= 15 is 0 Å². The highest BCUT2D eigenvalue weighted by Gasteiger charge is 2.03. The van der Waals surface area contributed by atoms with E-state index in [1.165, 1.54) is 22.3 Å². The third-order valence-electron chi connectivity index (χ3n) is 3.64. The molecular weight excluding hydrogens is 272 g/mol. The molecule has 0 radical (unpaired) electrons. The lowest BCUT2D eigenvalue weighted by atomic mass is 10.0. The van der Waals surface area contributed by atoms with Gasteiger partial charge in [-0.1, -0.05) is 72.8 Å². The van der Waals surface area contributed by atoms with Crippen molar-refractivity contribution in [2.45, 2.75) is 17.7 Å². The highest BCUT2D eigenvalue weighted by molar-refractivity contribution is 7.80. The zero-order chi connectivity index (χ0) is 14.5. The molecule has 0 nitrogen and oxygen atoms in total. The number of hydrogen-bond donors (Lipinski definition) is 1. The molecule has 3 rings (SSSR count). The normalized spacial score (nSPS) is 10.5. The van der Waals surface area contributed by atoms with Crippen LogP contribution in [0.4, 0.5) is 0 Å². The van der Waals surface area contributed by atoms with Crippen LogP contribution in [0.5, 0.6) is 0 Å². The van der Waals surface area contributed by atoms with E-state index in [-0.39, 0.29) is 0 Å². The molecule has 0 aliphatic carbocycles. The van der Waals surface area contributed by atoms with Crippen LogP contribution >= 0.6 is 12.6 Å². The molecule has 0 spiro atoms. The van der Waals surface area contributed by atoms with E-state index in [1.807, 2.05) is 6.07 Å². The van der Waals surface area contributed by atoms with E-state index in [4.69, 9.17) is 0 Å². The van der Waals surface area contributed by atoms with E-state index in [0.29, 0.717) is 0 Å². The lowest BCUT2D eigenvalue weighted by molar-refractivity contribution is 1.09. The van der Waals surface area contributed by atoms with Crippen molar-refractivity contribution >= 4 is 12.6 Å². The van der Waals surface area contributed by atoms with Crippen LogP contribution in [0.15, 0.2) is 83.8 Å². The van der Waals surface area contributed by atoms with Gasteiger partial charge in [-0.15, -0.1) is 12.6 Å². The third-order valence-corrected chi connectivity index (χ3v) is 4.05. The number of hydrogen-bond acceptors (Lipinski definition) is 1. The summed E-state index contributed by atoms with van der Waals surface area (Å²) in [6.45, 7) is 0. The van der Waals surface area contributed by atoms with E-state index in [9.17, 15) is 0 Å². The maximum absolute atomic E-state index is 4.66. The number of thiol groups is 1. The molecule has 0 N–H and O–H groups in total. The average Bonchev–Trinajstić information content (AvgIpc) is 2.52. The van der Waals surface area contributed by atoms with Gasteiger partial charge >= 0.3 is 0 Å². The van der Waals surface area contributed by atoms with Crippen molar-refractivity contribution in [2.75, 3.05) is 0 Å². The Balaban J connectivity index is 1.77. The molecule has 0 saturated carbocycles. The van der Waals surface area contributed by atoms with Crippen molar-refractivity contribution in [3.05, 3.63) is 101 Å². The summed E-state index contributed by atoms with van der Waals surface area (Å²) in [7, 11) is 0. The topological polar surface area (TPSA) is 0 Å². The molecule has 0 atom stereocenters. The van der Waals surface area contributed by atoms with Gasteiger partial charge in [-0.25, -0.2) is 0 Å². The summed E-state index contributed by atoms with van der Waals surface area (Å²) in [5.74, 6) is 0. The van der Waals surface area contributed by atoms with Gasteiger partial charge in [0.15, 0.2) is 0 Å². The molecule has 0 unspecified atom stereocenters. The van der Waals surface area contributed by atoms with Crippen molar-refractivity contribution in [1.82, 2.24) is 0 Å². The largest absolute Gasteiger partial charge is 0.143 e. The molecule has 0 aliphatic heterocycles. The van der Waals surface area contributed by atoms with Crippen LogP contribution in [0, 0.1) is 0 Å². The Kier molecular flexibility index (Phi) is 4.42. The second kappa shape index (κ2) is 6.64. The van der Waals surface area contributed by atoms with E-state index < -0.39 is 0 Å². The van der Waals surface area contributed by atoms with Crippen LogP contribution < -0.4 is 0 Å². The first-order valence-electron chi connectivity index (χ1n) is 7.20. The standard InChI is InChI=1S/C20H18S/c21-20-15-18(13-16-7-3-1-4-8-16)11-12-19(20)14-17-9-5-2-6-10-17/h1-12,15,21H,13-14H2. The van der Waals surface area contributed by atoms with Crippen LogP contribution in [0.1, 0.15) is 22.3 Å². The first-order chi connectivity index (χ1) is 10.3. The molecule has 3 aromatic rings. The van der Waals surface area contributed by atoms with E-state index in [0.717, 1.165) is 17.7 Å². The van der Waals surface area contributed by atoms with Crippen LogP contribution in [0.25, 0.3) is 0 Å². The Morgan fingerprint density at radius 1 is 0.571 bits per heavy atom. The summed E-state index contributed by atoms with van der Waals surface area (Å²) in [6.07, 6.45) is 1.89. The van der Waals surface area contributed by atoms with Crippen LogP contribution in [0.3, 0.4) is 0 Å². The lowest BCUT2D eigenvalue weighted by Crippen LogP contribution is -1.93. The molecule has 0 saturated heterocycles. The van der Waals surface area contributed by atoms with Crippen molar-refractivity contribution < 1.29 is 0 Å². The Labute approximate surface area is 131 Å². The zero-order valence-corrected chi connectivity index (χ0v) is 12.8. The van der Waals surface area contributed by atoms with Crippen LogP contribution in [-0.4, -0.2) is 0 Å². The fraction of sp³-hybridized carbons (Fsp3) is 0.100. The first kappa shape index (κ1) is 14.0. The molecule has 21 heavy (non-hydrogen) atoms. The van der Waals surface area contributed by atoms with Gasteiger partial charge in [0, 0.05) is 4.90 Å². The number of benzene rings is 3. The summed E-state index contributed by atoms with van der Waals surface area (Å²) in [4.78, 5) is 1.08. The first-order valence-corrected chi connectivity index (χ1v) is 7.64. The molecule has 0 amide bonds. The predicted octanol–water partition coefficient (Wildman–Crippen LogP) is 5.16. The molecule has 0 aromatic heterocycles. The number of rotatable bonds is 4. The van der Waals surface area contributed by atoms with E-state index in [2.05, 4.69) is 85.4 Å². The van der Waals surface area contributed by atoms with Gasteiger partial charge in [0.25, 0.3) is 0 Å². The molecule has 3 aromatic carbocycles. The maximum Gasteiger partial charge on any atom is 0.00782 e. The Morgan fingerprint density at radius 2 is 1.14 bits per heavy atom. The molecule has 0 aliphatic rings. The molecule has 0 bridgehead atoms. The summed E-state index contributed by atoms with van der Waals surface area (Å²) < 4.78 is 0. The third kappa shape index (κ3) is 3.77. The molecule has 1 heteroatoms.